The Kier molecular flexibility index (Phi) is 4.68. The second-order valence-electron chi connectivity index (χ2n) is 6.59. The molecule has 6 nitrogen and oxygen atoms in total. The highest BCUT2D eigenvalue weighted by molar-refractivity contribution is 5.89. The fraction of sp³-hybridized carbons (Fsp3) is 0.333. The summed E-state index contributed by atoms with van der Waals surface area (Å²) in [4.78, 5) is 32.1. The molecule has 0 bridgehead atoms. The highest BCUT2D eigenvalue weighted by Crippen LogP contribution is 2.29. The number of benzene rings is 1. The first kappa shape index (κ1) is 17.6. The third-order valence-corrected chi connectivity index (χ3v) is 3.51. The highest BCUT2D eigenvalue weighted by Gasteiger charge is 2.40. The van der Waals surface area contributed by atoms with Crippen molar-refractivity contribution >= 4 is 11.9 Å². The topological polar surface area (TPSA) is 89.4 Å². The lowest BCUT2D eigenvalue weighted by Gasteiger charge is -2.24. The van der Waals surface area contributed by atoms with E-state index in [-0.39, 0.29) is 11.4 Å². The molecular formula is C18H20N2O4. The Balaban J connectivity index is 2.37. The predicted octanol–water partition coefficient (Wildman–Crippen LogP) is 2.82. The van der Waals surface area contributed by atoms with Gasteiger partial charge in [-0.1, -0.05) is 30.3 Å². The summed E-state index contributed by atoms with van der Waals surface area (Å²) in [5, 5.41) is 9.70. The van der Waals surface area contributed by atoms with Crippen LogP contribution in [0.1, 0.15) is 49.4 Å². The third kappa shape index (κ3) is 3.59. The third-order valence-electron chi connectivity index (χ3n) is 3.51. The number of ether oxygens (including phenoxy) is 1. The van der Waals surface area contributed by atoms with Crippen LogP contribution in [0.15, 0.2) is 42.7 Å². The minimum absolute atomic E-state index is 0.105. The van der Waals surface area contributed by atoms with Crippen molar-refractivity contribution in [3.63, 3.8) is 0 Å². The quantitative estimate of drug-likeness (QED) is 0.868. The Labute approximate surface area is 140 Å². The standard InChI is InChI=1S/C18H20N2O4/c1-17(2,3)24-14(21)12-10-19-15(20-11-12)18(4,16(22)23)13-8-6-5-7-9-13/h5-11H,1-4H3,(H,22,23). The summed E-state index contributed by atoms with van der Waals surface area (Å²) in [6.45, 7) is 6.82. The van der Waals surface area contributed by atoms with E-state index in [1.54, 1.807) is 51.1 Å². The lowest BCUT2D eigenvalue weighted by molar-refractivity contribution is -0.141. The van der Waals surface area contributed by atoms with Crippen molar-refractivity contribution in [2.75, 3.05) is 0 Å². The van der Waals surface area contributed by atoms with Crippen LogP contribution in [0.2, 0.25) is 0 Å². The van der Waals surface area contributed by atoms with Crippen LogP contribution in [0.5, 0.6) is 0 Å². The van der Waals surface area contributed by atoms with Gasteiger partial charge in [-0.05, 0) is 33.3 Å². The normalized spacial score (nSPS) is 13.8. The molecule has 0 fully saturated rings. The fourth-order valence-electron chi connectivity index (χ4n) is 2.15. The Morgan fingerprint density at radius 2 is 1.54 bits per heavy atom. The second-order valence-corrected chi connectivity index (χ2v) is 6.59. The van der Waals surface area contributed by atoms with Crippen LogP contribution in [0, 0.1) is 0 Å². The Hall–Kier alpha value is -2.76. The minimum atomic E-state index is -1.41. The van der Waals surface area contributed by atoms with Crippen LogP contribution in [-0.2, 0) is 14.9 Å². The molecule has 0 spiro atoms. The van der Waals surface area contributed by atoms with E-state index in [4.69, 9.17) is 4.74 Å². The van der Waals surface area contributed by atoms with Gasteiger partial charge in [-0.3, -0.25) is 4.79 Å². The number of hydrogen-bond acceptors (Lipinski definition) is 5. The molecule has 1 heterocycles. The molecule has 0 saturated carbocycles. The van der Waals surface area contributed by atoms with E-state index in [9.17, 15) is 14.7 Å². The summed E-state index contributed by atoms with van der Waals surface area (Å²) in [7, 11) is 0. The number of aromatic nitrogens is 2. The first-order valence-corrected chi connectivity index (χ1v) is 7.49. The summed E-state index contributed by atoms with van der Waals surface area (Å²) in [6.07, 6.45) is 2.58. The van der Waals surface area contributed by atoms with E-state index in [1.165, 1.54) is 19.3 Å². The molecule has 1 atom stereocenters. The average molecular weight is 328 g/mol. The second kappa shape index (κ2) is 6.39. The van der Waals surface area contributed by atoms with Crippen LogP contribution in [-0.4, -0.2) is 32.6 Å². The molecule has 0 aliphatic heterocycles. The van der Waals surface area contributed by atoms with Crippen molar-refractivity contribution in [1.29, 1.82) is 0 Å². The molecule has 24 heavy (non-hydrogen) atoms. The fourth-order valence-corrected chi connectivity index (χ4v) is 2.15. The van der Waals surface area contributed by atoms with Crippen molar-refractivity contribution in [3.8, 4) is 0 Å². The number of hydrogen-bond donors (Lipinski definition) is 1. The summed E-state index contributed by atoms with van der Waals surface area (Å²) < 4.78 is 5.25. The summed E-state index contributed by atoms with van der Waals surface area (Å²) in [6, 6.07) is 8.73. The molecule has 2 rings (SSSR count). The van der Waals surface area contributed by atoms with Gasteiger partial charge in [0.1, 0.15) is 16.8 Å². The molecule has 0 radical (unpaired) electrons. The summed E-state index contributed by atoms with van der Waals surface area (Å²) in [5.41, 5.74) is -1.31. The lowest BCUT2D eigenvalue weighted by atomic mass is 9.81. The maximum absolute atomic E-state index is 12.0. The van der Waals surface area contributed by atoms with Gasteiger partial charge in [-0.25, -0.2) is 14.8 Å². The van der Waals surface area contributed by atoms with E-state index in [2.05, 4.69) is 9.97 Å². The number of nitrogens with zero attached hydrogens (tertiary/aromatic N) is 2. The van der Waals surface area contributed by atoms with E-state index in [1.807, 2.05) is 0 Å². The molecule has 6 heteroatoms. The van der Waals surface area contributed by atoms with Gasteiger partial charge in [0.15, 0.2) is 0 Å². The van der Waals surface area contributed by atoms with Crippen molar-refractivity contribution in [2.45, 2.75) is 38.7 Å². The zero-order valence-corrected chi connectivity index (χ0v) is 14.1. The smallest absolute Gasteiger partial charge is 0.341 e. The SMILES string of the molecule is CC(C)(C)OC(=O)c1cnc(C(C)(C(=O)O)c2ccccc2)nc1. The zero-order valence-electron chi connectivity index (χ0n) is 14.1. The molecule has 1 N–H and O–H groups in total. The van der Waals surface area contributed by atoms with E-state index in [0.29, 0.717) is 5.56 Å². The number of carboxylic acid groups (broad SMARTS) is 1. The number of carbonyl (C=O) groups is 2. The molecular weight excluding hydrogens is 308 g/mol. The van der Waals surface area contributed by atoms with Gasteiger partial charge in [0.05, 0.1) is 5.56 Å². The lowest BCUT2D eigenvalue weighted by Crippen LogP contribution is -2.36. The molecule has 1 unspecified atom stereocenters. The summed E-state index contributed by atoms with van der Waals surface area (Å²) in [5.74, 6) is -1.52. The summed E-state index contributed by atoms with van der Waals surface area (Å²) >= 11 is 0. The van der Waals surface area contributed by atoms with Crippen molar-refractivity contribution < 1.29 is 19.4 Å². The number of rotatable bonds is 4. The van der Waals surface area contributed by atoms with Gasteiger partial charge in [0.2, 0.25) is 0 Å². The van der Waals surface area contributed by atoms with Gasteiger partial charge in [-0.15, -0.1) is 0 Å². The van der Waals surface area contributed by atoms with Gasteiger partial charge >= 0.3 is 11.9 Å². The Morgan fingerprint density at radius 1 is 1.00 bits per heavy atom. The number of carbonyl (C=O) groups excluding carboxylic acids is 1. The predicted molar refractivity (Wildman–Crippen MR) is 87.7 cm³/mol. The van der Waals surface area contributed by atoms with Crippen LogP contribution in [0.4, 0.5) is 0 Å². The highest BCUT2D eigenvalue weighted by atomic mass is 16.6. The van der Waals surface area contributed by atoms with Crippen molar-refractivity contribution in [3.05, 3.63) is 59.7 Å². The molecule has 1 aromatic heterocycles. The molecule has 0 saturated heterocycles. The van der Waals surface area contributed by atoms with E-state index < -0.39 is 23.0 Å². The van der Waals surface area contributed by atoms with Gasteiger partial charge in [0, 0.05) is 12.4 Å². The monoisotopic (exact) mass is 328 g/mol. The largest absolute Gasteiger partial charge is 0.480 e. The molecule has 2 aromatic rings. The first-order valence-electron chi connectivity index (χ1n) is 7.49. The van der Waals surface area contributed by atoms with Crippen LogP contribution >= 0.6 is 0 Å². The van der Waals surface area contributed by atoms with Crippen molar-refractivity contribution in [1.82, 2.24) is 9.97 Å². The average Bonchev–Trinajstić information content (AvgIpc) is 2.53. The number of aliphatic carboxylic acids is 1. The maximum atomic E-state index is 12.0. The number of esters is 1. The molecule has 0 aliphatic rings. The number of carboxylic acids is 1. The maximum Gasteiger partial charge on any atom is 0.341 e. The Bertz CT molecular complexity index is 736. The van der Waals surface area contributed by atoms with Gasteiger partial charge in [-0.2, -0.15) is 0 Å². The molecule has 1 aromatic carbocycles. The first-order chi connectivity index (χ1) is 11.1. The Morgan fingerprint density at radius 3 is 2.00 bits per heavy atom. The molecule has 0 amide bonds. The molecule has 0 aliphatic carbocycles. The minimum Gasteiger partial charge on any atom is -0.480 e. The van der Waals surface area contributed by atoms with Crippen LogP contribution in [0.25, 0.3) is 0 Å². The van der Waals surface area contributed by atoms with Crippen LogP contribution in [0.3, 0.4) is 0 Å². The zero-order chi connectivity index (χ0) is 18.0. The van der Waals surface area contributed by atoms with Gasteiger partial charge in [0.25, 0.3) is 0 Å². The van der Waals surface area contributed by atoms with Crippen molar-refractivity contribution in [2.24, 2.45) is 0 Å². The van der Waals surface area contributed by atoms with E-state index in [0.717, 1.165) is 0 Å². The van der Waals surface area contributed by atoms with E-state index >= 15 is 0 Å². The van der Waals surface area contributed by atoms with Crippen LogP contribution < -0.4 is 0 Å². The van der Waals surface area contributed by atoms with Gasteiger partial charge < -0.3 is 9.84 Å². The molecule has 126 valence electrons.